The number of aliphatic hydroxyl groups is 1. The summed E-state index contributed by atoms with van der Waals surface area (Å²) >= 11 is 0. The molecule has 0 spiro atoms. The molecule has 3 aromatic heterocycles. The monoisotopic (exact) mass is 632 g/mol. The lowest BCUT2D eigenvalue weighted by atomic mass is 9.92. The molecule has 0 radical (unpaired) electrons. The topological polar surface area (TPSA) is 146 Å². The van der Waals surface area contributed by atoms with Gasteiger partial charge < -0.3 is 25.6 Å². The second kappa shape index (κ2) is 12.4. The van der Waals surface area contributed by atoms with Crippen molar-refractivity contribution in [2.24, 2.45) is 5.73 Å². The molecule has 2 aromatic carbocycles. The number of nitrogens with zero attached hydrogens (tertiary/aromatic N) is 4. The number of primary amides is 1. The number of carbonyl (C=O) groups excluding carboxylic acids is 2. The second-order valence-corrected chi connectivity index (χ2v) is 12.1. The summed E-state index contributed by atoms with van der Waals surface area (Å²) in [4.78, 5) is 25.7. The van der Waals surface area contributed by atoms with Gasteiger partial charge in [-0.25, -0.2) is 9.20 Å². The highest BCUT2D eigenvalue weighted by molar-refractivity contribution is 6.05. The van der Waals surface area contributed by atoms with E-state index in [4.69, 9.17) is 15.2 Å². The third kappa shape index (κ3) is 6.50. The number of hydrogen-bond donors (Lipinski definition) is 3. The molecular weight excluding hydrogens is 598 g/mol. The molecule has 0 bridgehead atoms. The standard InChI is InChI=1S/C33H34F2N6O5/c1-33(2,44)18-45-23-12-13-24-25(17-23)41(32(34)35)38-28(24)30(43)37-21-8-10-22(11-9-21)46-31-27(29(36)42)26-16-20(14-15-40(26)39-31)19-6-4-3-5-7-19/h3-7,12-17,21-22,32,44H,8-11,18H2,1-2H3,(H2,36,42)(H,37,43). The van der Waals surface area contributed by atoms with Crippen molar-refractivity contribution in [3.8, 4) is 22.8 Å². The van der Waals surface area contributed by atoms with Crippen LogP contribution in [0.4, 0.5) is 8.78 Å². The minimum Gasteiger partial charge on any atom is -0.491 e. The van der Waals surface area contributed by atoms with E-state index in [-0.39, 0.29) is 52.5 Å². The molecular formula is C33H34F2N6O5. The van der Waals surface area contributed by atoms with Crippen LogP contribution in [0.15, 0.2) is 66.9 Å². The van der Waals surface area contributed by atoms with Gasteiger partial charge in [0.1, 0.15) is 24.0 Å². The lowest BCUT2D eigenvalue weighted by Crippen LogP contribution is -2.40. The highest BCUT2D eigenvalue weighted by atomic mass is 19.3. The minimum absolute atomic E-state index is 0.0408. The van der Waals surface area contributed by atoms with Crippen LogP contribution in [0.2, 0.25) is 0 Å². The highest BCUT2D eigenvalue weighted by Crippen LogP contribution is 2.31. The minimum atomic E-state index is -2.98. The van der Waals surface area contributed by atoms with Gasteiger partial charge >= 0.3 is 6.55 Å². The fraction of sp³-hybridized carbons (Fsp3) is 0.333. The molecule has 3 heterocycles. The Labute approximate surface area is 262 Å². The molecule has 1 saturated carbocycles. The number of halogens is 2. The largest absolute Gasteiger partial charge is 0.491 e. The zero-order valence-electron chi connectivity index (χ0n) is 25.3. The Hall–Kier alpha value is -5.04. The van der Waals surface area contributed by atoms with Crippen LogP contribution in [0.5, 0.6) is 11.6 Å². The van der Waals surface area contributed by atoms with Crippen LogP contribution < -0.4 is 20.5 Å². The number of aromatic nitrogens is 4. The molecule has 1 aliphatic carbocycles. The number of amides is 2. The van der Waals surface area contributed by atoms with Crippen molar-refractivity contribution >= 4 is 28.2 Å². The molecule has 2 amide bonds. The maximum absolute atomic E-state index is 13.8. The first-order chi connectivity index (χ1) is 22.0. The number of nitrogens with two attached hydrogens (primary N) is 1. The summed E-state index contributed by atoms with van der Waals surface area (Å²) in [7, 11) is 0. The summed E-state index contributed by atoms with van der Waals surface area (Å²) in [6.07, 6.45) is 3.70. The molecule has 11 nitrogen and oxygen atoms in total. The van der Waals surface area contributed by atoms with E-state index in [1.165, 1.54) is 12.1 Å². The van der Waals surface area contributed by atoms with Gasteiger partial charge in [-0.1, -0.05) is 30.3 Å². The van der Waals surface area contributed by atoms with E-state index in [9.17, 15) is 23.5 Å². The molecule has 6 rings (SSSR count). The average molecular weight is 633 g/mol. The van der Waals surface area contributed by atoms with Gasteiger partial charge in [-0.05, 0) is 74.9 Å². The van der Waals surface area contributed by atoms with Crippen LogP contribution in [-0.4, -0.2) is 60.7 Å². The van der Waals surface area contributed by atoms with E-state index in [0.717, 1.165) is 11.1 Å². The van der Waals surface area contributed by atoms with Gasteiger partial charge in [0.15, 0.2) is 5.69 Å². The summed E-state index contributed by atoms with van der Waals surface area (Å²) in [6, 6.07) is 17.7. The normalized spacial score (nSPS) is 17.0. The maximum Gasteiger partial charge on any atom is 0.333 e. The van der Waals surface area contributed by atoms with Crippen molar-refractivity contribution in [3.05, 3.63) is 78.1 Å². The molecule has 1 aliphatic rings. The first-order valence-electron chi connectivity index (χ1n) is 15.0. The van der Waals surface area contributed by atoms with Crippen LogP contribution in [0.1, 0.15) is 66.9 Å². The lowest BCUT2D eigenvalue weighted by Gasteiger charge is -2.28. The van der Waals surface area contributed by atoms with E-state index in [0.29, 0.717) is 35.9 Å². The molecule has 240 valence electrons. The number of pyridine rings is 1. The first-order valence-corrected chi connectivity index (χ1v) is 15.0. The van der Waals surface area contributed by atoms with Crippen LogP contribution >= 0.6 is 0 Å². The van der Waals surface area contributed by atoms with E-state index in [2.05, 4.69) is 15.5 Å². The second-order valence-electron chi connectivity index (χ2n) is 12.1. The Kier molecular flexibility index (Phi) is 8.34. The number of alkyl halides is 2. The van der Waals surface area contributed by atoms with Gasteiger partial charge in [0.2, 0.25) is 5.88 Å². The van der Waals surface area contributed by atoms with Crippen LogP contribution in [0.3, 0.4) is 0 Å². The number of nitrogens with one attached hydrogen (secondary N) is 1. The van der Waals surface area contributed by atoms with Crippen molar-refractivity contribution in [1.82, 2.24) is 24.7 Å². The summed E-state index contributed by atoms with van der Waals surface area (Å²) in [5.41, 5.74) is 7.20. The zero-order valence-corrected chi connectivity index (χ0v) is 25.3. The molecule has 0 unspecified atom stereocenters. The third-order valence-corrected chi connectivity index (χ3v) is 7.92. The summed E-state index contributed by atoms with van der Waals surface area (Å²) in [5.74, 6) is -0.796. The summed E-state index contributed by atoms with van der Waals surface area (Å²) in [6.45, 7) is 0.111. The van der Waals surface area contributed by atoms with E-state index >= 15 is 0 Å². The van der Waals surface area contributed by atoms with Gasteiger partial charge in [0.25, 0.3) is 11.8 Å². The summed E-state index contributed by atoms with van der Waals surface area (Å²) in [5, 5.41) is 21.5. The summed E-state index contributed by atoms with van der Waals surface area (Å²) < 4.78 is 41.5. The molecule has 46 heavy (non-hydrogen) atoms. The molecule has 4 N–H and O–H groups in total. The zero-order chi connectivity index (χ0) is 32.6. The van der Waals surface area contributed by atoms with Gasteiger partial charge in [-0.2, -0.15) is 13.9 Å². The lowest BCUT2D eigenvalue weighted by molar-refractivity contribution is 0.0284. The predicted octanol–water partition coefficient (Wildman–Crippen LogP) is 5.11. The molecule has 0 aliphatic heterocycles. The van der Waals surface area contributed by atoms with Crippen molar-refractivity contribution in [2.75, 3.05) is 6.61 Å². The fourth-order valence-electron chi connectivity index (χ4n) is 5.67. The average Bonchev–Trinajstić information content (AvgIpc) is 3.59. The van der Waals surface area contributed by atoms with Crippen molar-refractivity contribution in [3.63, 3.8) is 0 Å². The molecule has 1 fully saturated rings. The quantitative estimate of drug-likeness (QED) is 0.194. The number of benzene rings is 2. The Bertz CT molecular complexity index is 1890. The maximum atomic E-state index is 13.8. The molecule has 0 atom stereocenters. The molecule has 0 saturated heterocycles. The molecule has 5 aromatic rings. The van der Waals surface area contributed by atoms with Crippen molar-refractivity contribution < 1.29 is 33.0 Å². The Morgan fingerprint density at radius 1 is 1.02 bits per heavy atom. The predicted molar refractivity (Wildman–Crippen MR) is 166 cm³/mol. The van der Waals surface area contributed by atoms with Crippen LogP contribution in [0.25, 0.3) is 27.5 Å². The number of carbonyl (C=O) groups is 2. The van der Waals surface area contributed by atoms with E-state index in [1.807, 2.05) is 42.5 Å². The van der Waals surface area contributed by atoms with Gasteiger partial charge in [0.05, 0.1) is 16.6 Å². The number of ether oxygens (including phenoxy) is 2. The van der Waals surface area contributed by atoms with Crippen LogP contribution in [0, 0.1) is 0 Å². The van der Waals surface area contributed by atoms with Gasteiger partial charge in [-0.15, -0.1) is 5.10 Å². The Balaban J connectivity index is 1.13. The van der Waals surface area contributed by atoms with Crippen LogP contribution in [-0.2, 0) is 0 Å². The first kappa shape index (κ1) is 31.0. The third-order valence-electron chi connectivity index (χ3n) is 7.92. The SMILES string of the molecule is CC(C)(O)COc1ccc2c(C(=O)NC3CCC(Oc4nn5ccc(-c6ccccc6)cc5c4C(N)=O)CC3)nn(C(F)F)c2c1. The smallest absolute Gasteiger partial charge is 0.333 e. The molecule has 13 heteroatoms. The highest BCUT2D eigenvalue weighted by Gasteiger charge is 2.29. The van der Waals surface area contributed by atoms with E-state index in [1.54, 1.807) is 30.6 Å². The Morgan fingerprint density at radius 3 is 2.43 bits per heavy atom. The van der Waals surface area contributed by atoms with Gasteiger partial charge in [0, 0.05) is 23.7 Å². The number of fused-ring (bicyclic) bond motifs is 2. The number of hydrogen-bond acceptors (Lipinski definition) is 7. The fourth-order valence-corrected chi connectivity index (χ4v) is 5.67. The van der Waals surface area contributed by atoms with Crippen molar-refractivity contribution in [2.45, 2.75) is 63.8 Å². The Morgan fingerprint density at radius 2 is 1.76 bits per heavy atom. The van der Waals surface area contributed by atoms with E-state index < -0.39 is 24.0 Å². The van der Waals surface area contributed by atoms with Gasteiger partial charge in [-0.3, -0.25) is 9.59 Å². The van der Waals surface area contributed by atoms with Crippen molar-refractivity contribution in [1.29, 1.82) is 0 Å². The number of rotatable bonds is 10.